The highest BCUT2D eigenvalue weighted by atomic mass is 16.2. The molecule has 4 aromatic heterocycles. The molecule has 0 aliphatic rings. The molecule has 0 radical (unpaired) electrons. The molecule has 0 aliphatic heterocycles. The third kappa shape index (κ3) is 2.82. The molecule has 0 spiro atoms. The Labute approximate surface area is 141 Å². The smallest absolute Gasteiger partial charge is 0.281 e. The van der Waals surface area contributed by atoms with Crippen molar-refractivity contribution in [2.45, 2.75) is 13.1 Å². The lowest BCUT2D eigenvalue weighted by Crippen LogP contribution is -2.32. The van der Waals surface area contributed by atoms with Crippen LogP contribution < -0.4 is 10.9 Å². The minimum absolute atomic E-state index is 0.111. The molecule has 4 aromatic rings. The number of hydrogen-bond donors (Lipinski definition) is 1. The van der Waals surface area contributed by atoms with Crippen LogP contribution in [0.3, 0.4) is 0 Å². The number of pyridine rings is 2. The third-order valence-electron chi connectivity index (χ3n) is 3.73. The van der Waals surface area contributed by atoms with Crippen LogP contribution in [0.5, 0.6) is 0 Å². The monoisotopic (exact) mass is 335 g/mol. The van der Waals surface area contributed by atoms with E-state index in [9.17, 15) is 9.59 Å². The van der Waals surface area contributed by atoms with Gasteiger partial charge in [-0.3, -0.25) is 14.6 Å². The first kappa shape index (κ1) is 14.9. The lowest BCUT2D eigenvalue weighted by atomic mass is 10.3. The quantitative estimate of drug-likeness (QED) is 0.569. The predicted octanol–water partition coefficient (Wildman–Crippen LogP) is 0.151. The summed E-state index contributed by atoms with van der Waals surface area (Å²) in [5.41, 5.74) is 1.61. The zero-order chi connectivity index (χ0) is 17.2. The first-order valence-electron chi connectivity index (χ1n) is 7.58. The number of fused-ring (bicyclic) bond motifs is 3. The molecule has 124 valence electrons. The molecule has 0 fully saturated rings. The molecule has 0 saturated heterocycles. The van der Waals surface area contributed by atoms with E-state index in [2.05, 4.69) is 25.6 Å². The van der Waals surface area contributed by atoms with Gasteiger partial charge in [0.1, 0.15) is 12.1 Å². The summed E-state index contributed by atoms with van der Waals surface area (Å²) >= 11 is 0. The fourth-order valence-corrected chi connectivity index (χ4v) is 2.50. The SMILES string of the molecule is O=C(Cn1ccc2c(nnc3ccnn32)c1=O)NCc1ccccn1. The second-order valence-electron chi connectivity index (χ2n) is 5.38. The van der Waals surface area contributed by atoms with E-state index in [0.29, 0.717) is 17.7 Å². The fourth-order valence-electron chi connectivity index (χ4n) is 2.50. The Morgan fingerprint density at radius 3 is 2.88 bits per heavy atom. The molecule has 1 N–H and O–H groups in total. The highest BCUT2D eigenvalue weighted by Gasteiger charge is 2.11. The van der Waals surface area contributed by atoms with Crippen molar-refractivity contribution in [2.24, 2.45) is 0 Å². The van der Waals surface area contributed by atoms with E-state index in [-0.39, 0.29) is 18.0 Å². The maximum absolute atomic E-state index is 12.5. The van der Waals surface area contributed by atoms with Gasteiger partial charge in [-0.25, -0.2) is 4.52 Å². The van der Waals surface area contributed by atoms with E-state index in [0.717, 1.165) is 5.69 Å². The Morgan fingerprint density at radius 2 is 2.04 bits per heavy atom. The van der Waals surface area contributed by atoms with Gasteiger partial charge >= 0.3 is 0 Å². The number of nitrogens with one attached hydrogen (secondary N) is 1. The Bertz CT molecular complexity index is 1120. The maximum atomic E-state index is 12.5. The van der Waals surface area contributed by atoms with Crippen molar-refractivity contribution in [1.29, 1.82) is 0 Å². The van der Waals surface area contributed by atoms with Gasteiger partial charge in [0.25, 0.3) is 5.56 Å². The number of amides is 1. The van der Waals surface area contributed by atoms with E-state index in [1.54, 1.807) is 36.8 Å². The standard InChI is InChI=1S/C16H13N7O2/c24-14(18-9-11-3-1-2-6-17-11)10-22-8-5-12-15(16(22)25)21-20-13-4-7-19-23(12)13/h1-8H,9-10H2,(H,18,24). The molecule has 0 saturated carbocycles. The molecule has 0 atom stereocenters. The summed E-state index contributed by atoms with van der Waals surface area (Å²) in [4.78, 5) is 28.8. The van der Waals surface area contributed by atoms with Gasteiger partial charge < -0.3 is 9.88 Å². The van der Waals surface area contributed by atoms with Crippen molar-refractivity contribution in [2.75, 3.05) is 0 Å². The average Bonchev–Trinajstić information content (AvgIpc) is 3.12. The van der Waals surface area contributed by atoms with Gasteiger partial charge in [-0.2, -0.15) is 5.10 Å². The molecule has 25 heavy (non-hydrogen) atoms. The van der Waals surface area contributed by atoms with Crippen molar-refractivity contribution in [1.82, 2.24) is 34.7 Å². The van der Waals surface area contributed by atoms with Crippen LogP contribution >= 0.6 is 0 Å². The number of nitrogens with zero attached hydrogens (tertiary/aromatic N) is 6. The van der Waals surface area contributed by atoms with Gasteiger partial charge in [0.15, 0.2) is 11.2 Å². The first-order chi connectivity index (χ1) is 12.2. The topological polar surface area (TPSA) is 107 Å². The largest absolute Gasteiger partial charge is 0.349 e. The normalized spacial score (nSPS) is 11.0. The van der Waals surface area contributed by atoms with Crippen LogP contribution in [0.2, 0.25) is 0 Å². The van der Waals surface area contributed by atoms with Crippen molar-refractivity contribution < 1.29 is 4.79 Å². The van der Waals surface area contributed by atoms with E-state index >= 15 is 0 Å². The summed E-state index contributed by atoms with van der Waals surface area (Å²) in [7, 11) is 0. The zero-order valence-corrected chi connectivity index (χ0v) is 13.0. The summed E-state index contributed by atoms with van der Waals surface area (Å²) in [5, 5.41) is 14.8. The molecular weight excluding hydrogens is 322 g/mol. The molecule has 0 aliphatic carbocycles. The summed E-state index contributed by atoms with van der Waals surface area (Å²) < 4.78 is 2.83. The van der Waals surface area contributed by atoms with Crippen molar-refractivity contribution in [3.8, 4) is 0 Å². The highest BCUT2D eigenvalue weighted by molar-refractivity contribution is 5.77. The van der Waals surface area contributed by atoms with Crippen LogP contribution in [0.15, 0.2) is 53.7 Å². The van der Waals surface area contributed by atoms with Crippen LogP contribution in [0.1, 0.15) is 5.69 Å². The Balaban J connectivity index is 1.57. The van der Waals surface area contributed by atoms with E-state index in [1.165, 1.54) is 9.08 Å². The molecule has 0 bridgehead atoms. The van der Waals surface area contributed by atoms with Gasteiger partial charge in [0, 0.05) is 18.5 Å². The number of carbonyl (C=O) groups excluding carboxylic acids is 1. The number of carbonyl (C=O) groups is 1. The van der Waals surface area contributed by atoms with Crippen LogP contribution in [-0.2, 0) is 17.9 Å². The molecule has 9 nitrogen and oxygen atoms in total. The van der Waals surface area contributed by atoms with Crippen molar-refractivity contribution in [3.05, 3.63) is 65.0 Å². The van der Waals surface area contributed by atoms with Crippen molar-refractivity contribution in [3.63, 3.8) is 0 Å². The first-order valence-corrected chi connectivity index (χ1v) is 7.58. The molecule has 4 heterocycles. The highest BCUT2D eigenvalue weighted by Crippen LogP contribution is 2.07. The summed E-state index contributed by atoms with van der Waals surface area (Å²) in [6.07, 6.45) is 4.79. The summed E-state index contributed by atoms with van der Waals surface area (Å²) in [6, 6.07) is 8.85. The zero-order valence-electron chi connectivity index (χ0n) is 13.0. The number of hydrogen-bond acceptors (Lipinski definition) is 6. The van der Waals surface area contributed by atoms with Gasteiger partial charge in [0.05, 0.1) is 18.4 Å². The van der Waals surface area contributed by atoms with Crippen molar-refractivity contribution >= 4 is 22.6 Å². The molecule has 0 unspecified atom stereocenters. The molecule has 4 rings (SSSR count). The second-order valence-corrected chi connectivity index (χ2v) is 5.38. The molecule has 1 amide bonds. The minimum Gasteiger partial charge on any atom is -0.349 e. The van der Waals surface area contributed by atoms with Crippen LogP contribution in [0.4, 0.5) is 0 Å². The summed E-state index contributed by atoms with van der Waals surface area (Å²) in [5.74, 6) is -0.291. The van der Waals surface area contributed by atoms with Crippen LogP contribution in [0, 0.1) is 0 Å². The van der Waals surface area contributed by atoms with Gasteiger partial charge in [0.2, 0.25) is 5.91 Å². The number of rotatable bonds is 4. The average molecular weight is 335 g/mol. The Hall–Kier alpha value is -3.62. The molecule has 0 aromatic carbocycles. The lowest BCUT2D eigenvalue weighted by molar-refractivity contribution is -0.121. The van der Waals surface area contributed by atoms with Gasteiger partial charge in [-0.05, 0) is 18.2 Å². The summed E-state index contributed by atoms with van der Waals surface area (Å²) in [6.45, 7) is 0.191. The molecular formula is C16H13N7O2. The Kier molecular flexibility index (Phi) is 3.65. The fraction of sp³-hybridized carbons (Fsp3) is 0.125. The van der Waals surface area contributed by atoms with Gasteiger partial charge in [-0.1, -0.05) is 6.07 Å². The van der Waals surface area contributed by atoms with Crippen LogP contribution in [-0.4, -0.2) is 35.3 Å². The van der Waals surface area contributed by atoms with E-state index in [1.807, 2.05) is 12.1 Å². The Morgan fingerprint density at radius 1 is 1.12 bits per heavy atom. The minimum atomic E-state index is -0.393. The van der Waals surface area contributed by atoms with E-state index in [4.69, 9.17) is 0 Å². The maximum Gasteiger partial charge on any atom is 0.281 e. The molecule has 9 heteroatoms. The second kappa shape index (κ2) is 6.11. The van der Waals surface area contributed by atoms with Crippen LogP contribution in [0.25, 0.3) is 16.7 Å². The predicted molar refractivity (Wildman–Crippen MR) is 88.6 cm³/mol. The van der Waals surface area contributed by atoms with Gasteiger partial charge in [-0.15, -0.1) is 10.2 Å². The lowest BCUT2D eigenvalue weighted by Gasteiger charge is -2.08. The van der Waals surface area contributed by atoms with E-state index < -0.39 is 5.56 Å². The number of aromatic nitrogens is 6. The third-order valence-corrected chi connectivity index (χ3v) is 3.73.